The third-order valence-electron chi connectivity index (χ3n) is 6.55. The zero-order valence-corrected chi connectivity index (χ0v) is 30.2. The Balaban J connectivity index is 1.69. The zero-order chi connectivity index (χ0) is 30.3. The largest absolute Gasteiger partial charge is 0.379 e. The minimum atomic E-state index is -4.13. The van der Waals surface area contributed by atoms with Crippen LogP contribution < -0.4 is 8.37 Å². The number of hydrogen-bond donors (Lipinski definition) is 0. The van der Waals surface area contributed by atoms with Crippen LogP contribution >= 0.6 is 63.7 Å². The normalized spacial score (nSPS) is 12.3. The molecule has 0 radical (unpaired) electrons. The van der Waals surface area contributed by atoms with E-state index in [1.54, 1.807) is 74.5 Å². The van der Waals surface area contributed by atoms with E-state index in [1.165, 1.54) is 12.1 Å². The summed E-state index contributed by atoms with van der Waals surface area (Å²) in [5, 5.41) is 0. The SMILES string of the molecule is Cc1ccccc1S(=O)(=O)Oc1ccc(C(C)(C)c2c(Br)c(Br)c(OS(=O)(=O)c3ccccc3C)c(Br)c2Br)cc1. The lowest BCUT2D eigenvalue weighted by atomic mass is 9.78. The van der Waals surface area contributed by atoms with Crippen LogP contribution in [-0.4, -0.2) is 16.8 Å². The Morgan fingerprint density at radius 2 is 1.00 bits per heavy atom. The smallest absolute Gasteiger partial charge is 0.339 e. The third-order valence-corrected chi connectivity index (χ3v) is 13.5. The summed E-state index contributed by atoms with van der Waals surface area (Å²) in [7, 11) is -8.13. The topological polar surface area (TPSA) is 86.7 Å². The highest BCUT2D eigenvalue weighted by Crippen LogP contribution is 2.52. The van der Waals surface area contributed by atoms with Crippen molar-refractivity contribution in [2.24, 2.45) is 0 Å². The van der Waals surface area contributed by atoms with Gasteiger partial charge in [-0.3, -0.25) is 0 Å². The first-order valence-corrected chi connectivity index (χ1v) is 18.0. The molecule has 0 spiro atoms. The van der Waals surface area contributed by atoms with Crippen molar-refractivity contribution in [1.82, 2.24) is 0 Å². The lowest BCUT2D eigenvalue weighted by Crippen LogP contribution is -2.21. The van der Waals surface area contributed by atoms with Crippen molar-refractivity contribution in [1.29, 1.82) is 0 Å². The molecular weight excluding hydrogens is 828 g/mol. The molecule has 6 nitrogen and oxygen atoms in total. The predicted octanol–water partition coefficient (Wildman–Crippen LogP) is 9.21. The maximum absolute atomic E-state index is 13.1. The number of hydrogen-bond acceptors (Lipinski definition) is 6. The molecule has 0 fully saturated rings. The Morgan fingerprint density at radius 1 is 0.585 bits per heavy atom. The summed E-state index contributed by atoms with van der Waals surface area (Å²) >= 11 is 14.3. The Bertz CT molecular complexity index is 1820. The second-order valence-electron chi connectivity index (χ2n) is 9.72. The second-order valence-corrected chi connectivity index (χ2v) is 15.9. The molecule has 0 aromatic heterocycles. The van der Waals surface area contributed by atoms with Gasteiger partial charge in [-0.15, -0.1) is 0 Å². The van der Waals surface area contributed by atoms with Crippen LogP contribution in [0.3, 0.4) is 0 Å². The summed E-state index contributed by atoms with van der Waals surface area (Å²) in [6.45, 7) is 7.39. The second kappa shape index (κ2) is 12.1. The van der Waals surface area contributed by atoms with Crippen LogP contribution in [0.1, 0.15) is 36.1 Å². The molecule has 4 rings (SSSR count). The van der Waals surface area contributed by atoms with Crippen LogP contribution in [0, 0.1) is 13.8 Å². The summed E-state index contributed by atoms with van der Waals surface area (Å²) in [5.74, 6) is 0.259. The molecule has 41 heavy (non-hydrogen) atoms. The fraction of sp³-hybridized carbons (Fsp3) is 0.172. The van der Waals surface area contributed by atoms with E-state index < -0.39 is 25.7 Å². The van der Waals surface area contributed by atoms with Gasteiger partial charge in [0.25, 0.3) is 0 Å². The first kappa shape index (κ1) is 32.2. The van der Waals surface area contributed by atoms with Gasteiger partial charge in [-0.1, -0.05) is 62.4 Å². The fourth-order valence-electron chi connectivity index (χ4n) is 4.30. The van der Waals surface area contributed by atoms with Crippen LogP contribution in [0.25, 0.3) is 0 Å². The number of benzene rings is 4. The highest BCUT2D eigenvalue weighted by Gasteiger charge is 2.34. The number of halogens is 4. The van der Waals surface area contributed by atoms with Gasteiger partial charge in [-0.25, -0.2) is 0 Å². The quantitative estimate of drug-likeness (QED) is 0.130. The lowest BCUT2D eigenvalue weighted by Gasteiger charge is -2.30. The average Bonchev–Trinajstić information content (AvgIpc) is 2.90. The Morgan fingerprint density at radius 3 is 1.44 bits per heavy atom. The van der Waals surface area contributed by atoms with Gasteiger partial charge in [0.05, 0.1) is 8.95 Å². The van der Waals surface area contributed by atoms with Crippen LogP contribution in [0.2, 0.25) is 0 Å². The van der Waals surface area contributed by atoms with Gasteiger partial charge >= 0.3 is 20.2 Å². The van der Waals surface area contributed by atoms with Crippen molar-refractivity contribution in [3.63, 3.8) is 0 Å². The summed E-state index contributed by atoms with van der Waals surface area (Å²) in [6.07, 6.45) is 0. The summed E-state index contributed by atoms with van der Waals surface area (Å²) in [5.41, 5.74) is 2.14. The maximum Gasteiger partial charge on any atom is 0.339 e. The molecule has 4 aromatic rings. The first-order chi connectivity index (χ1) is 19.1. The van der Waals surface area contributed by atoms with Gasteiger partial charge in [0.15, 0.2) is 5.75 Å². The highest BCUT2D eigenvalue weighted by atomic mass is 79.9. The Labute approximate surface area is 274 Å². The van der Waals surface area contributed by atoms with Crippen molar-refractivity contribution >= 4 is 84.0 Å². The van der Waals surface area contributed by atoms with E-state index in [-0.39, 0.29) is 21.3 Å². The van der Waals surface area contributed by atoms with E-state index in [2.05, 4.69) is 63.7 Å². The van der Waals surface area contributed by atoms with E-state index in [0.717, 1.165) is 11.1 Å². The third kappa shape index (κ3) is 6.47. The van der Waals surface area contributed by atoms with E-state index in [1.807, 2.05) is 13.8 Å². The van der Waals surface area contributed by atoms with Gasteiger partial charge in [-0.2, -0.15) is 16.8 Å². The van der Waals surface area contributed by atoms with Crippen molar-refractivity contribution in [2.45, 2.75) is 42.9 Å². The molecule has 0 aliphatic heterocycles. The molecule has 12 heteroatoms. The number of aryl methyl sites for hydroxylation is 2. The van der Waals surface area contributed by atoms with Crippen LogP contribution in [0.4, 0.5) is 0 Å². The molecule has 0 unspecified atom stereocenters. The molecule has 0 N–H and O–H groups in total. The van der Waals surface area contributed by atoms with E-state index in [4.69, 9.17) is 8.37 Å². The predicted molar refractivity (Wildman–Crippen MR) is 174 cm³/mol. The molecule has 0 amide bonds. The Kier molecular flexibility index (Phi) is 9.53. The number of rotatable bonds is 8. The van der Waals surface area contributed by atoms with Crippen molar-refractivity contribution in [2.75, 3.05) is 0 Å². The van der Waals surface area contributed by atoms with E-state index in [9.17, 15) is 16.8 Å². The first-order valence-electron chi connectivity index (χ1n) is 12.0. The van der Waals surface area contributed by atoms with Gasteiger partial charge in [0, 0.05) is 14.4 Å². The van der Waals surface area contributed by atoms with Crippen molar-refractivity contribution < 1.29 is 25.2 Å². The summed E-state index contributed by atoms with van der Waals surface area (Å²) < 4.78 is 64.9. The molecule has 4 aromatic carbocycles. The van der Waals surface area contributed by atoms with Crippen LogP contribution in [-0.2, 0) is 25.7 Å². The minimum Gasteiger partial charge on any atom is -0.379 e. The van der Waals surface area contributed by atoms with Crippen LogP contribution in [0.15, 0.2) is 100 Å². The van der Waals surface area contributed by atoms with E-state index >= 15 is 0 Å². The lowest BCUT2D eigenvalue weighted by molar-refractivity contribution is 0.481. The average molecular weight is 852 g/mol. The van der Waals surface area contributed by atoms with Crippen LogP contribution in [0.5, 0.6) is 11.5 Å². The van der Waals surface area contributed by atoms with Gasteiger partial charge in [-0.05, 0) is 124 Å². The maximum atomic E-state index is 13.1. The molecule has 0 aliphatic rings. The van der Waals surface area contributed by atoms with E-state index in [0.29, 0.717) is 29.0 Å². The van der Waals surface area contributed by atoms with Gasteiger partial charge < -0.3 is 8.37 Å². The minimum absolute atomic E-state index is 0.0715. The summed E-state index contributed by atoms with van der Waals surface area (Å²) in [4.78, 5) is 0.181. The molecule has 0 saturated heterocycles. The van der Waals surface area contributed by atoms with Crippen molar-refractivity contribution in [3.05, 3.63) is 113 Å². The molecule has 0 saturated carbocycles. The fourth-order valence-corrected chi connectivity index (χ4v) is 10.1. The monoisotopic (exact) mass is 848 g/mol. The zero-order valence-electron chi connectivity index (χ0n) is 22.2. The summed E-state index contributed by atoms with van der Waals surface area (Å²) in [6, 6.07) is 20.0. The molecule has 0 bridgehead atoms. The molecule has 216 valence electrons. The molecular formula is C29H24Br4O6S2. The van der Waals surface area contributed by atoms with Gasteiger partial charge in [0.2, 0.25) is 0 Å². The highest BCUT2D eigenvalue weighted by molar-refractivity contribution is 9.14. The Hall–Kier alpha value is -1.70. The standard InChI is InChI=1S/C29H24Br4O6S2/c1-17-9-5-7-11-21(17)40(34,35)38-20-15-13-19(14-16-20)29(3,4)23-24(30)26(32)28(27(33)25(23)31)39-41(36,37)22-12-8-6-10-18(22)2/h5-16H,1-4H3. The molecule has 0 aliphatic carbocycles. The van der Waals surface area contributed by atoms with Gasteiger partial charge in [0.1, 0.15) is 15.5 Å². The van der Waals surface area contributed by atoms with Crippen molar-refractivity contribution in [3.8, 4) is 11.5 Å². The molecule has 0 atom stereocenters. The molecule has 0 heterocycles.